The van der Waals surface area contributed by atoms with Crippen molar-refractivity contribution in [1.29, 1.82) is 0 Å². The molecule has 0 aromatic heterocycles. The van der Waals surface area contributed by atoms with Gasteiger partial charge < -0.3 is 14.9 Å². The molecular weight excluding hydrogens is 292 g/mol. The van der Waals surface area contributed by atoms with Crippen molar-refractivity contribution < 1.29 is 14.7 Å². The molecule has 1 heterocycles. The molecule has 2 aliphatic rings. The number of nitrogens with zero attached hydrogens (tertiary/aromatic N) is 2. The molecule has 3 rings (SSSR count). The molecule has 2 amide bonds. The summed E-state index contributed by atoms with van der Waals surface area (Å²) >= 11 is 0. The molecule has 1 aliphatic heterocycles. The Kier molecular flexibility index (Phi) is 4.37. The minimum atomic E-state index is -0.376. The Bertz CT molecular complexity index is 624. The molecule has 1 saturated carbocycles. The van der Waals surface area contributed by atoms with Gasteiger partial charge in [0.2, 0.25) is 11.8 Å². The summed E-state index contributed by atoms with van der Waals surface area (Å²) in [5.74, 6) is 0.0486. The third-order valence-electron chi connectivity index (χ3n) is 4.53. The number of carbonyl (C=O) groups is 2. The molecule has 122 valence electrons. The molecule has 0 radical (unpaired) electrons. The number of hydrogen-bond donors (Lipinski definition) is 1. The maximum Gasteiger partial charge on any atom is 0.246 e. The van der Waals surface area contributed by atoms with Crippen LogP contribution in [0.1, 0.15) is 31.2 Å². The molecule has 0 bridgehead atoms. The van der Waals surface area contributed by atoms with Crippen LogP contribution in [-0.4, -0.2) is 45.3 Å². The maximum atomic E-state index is 13.0. The van der Waals surface area contributed by atoms with E-state index in [9.17, 15) is 14.7 Å². The largest absolute Gasteiger partial charge is 0.508 e. The Balaban J connectivity index is 1.76. The van der Waals surface area contributed by atoms with Crippen molar-refractivity contribution in [2.75, 3.05) is 6.54 Å². The lowest BCUT2D eigenvalue weighted by Gasteiger charge is -2.30. The van der Waals surface area contributed by atoms with E-state index >= 15 is 0 Å². The lowest BCUT2D eigenvalue weighted by molar-refractivity contribution is -0.142. The van der Waals surface area contributed by atoms with Crippen LogP contribution >= 0.6 is 0 Å². The summed E-state index contributed by atoms with van der Waals surface area (Å²) in [7, 11) is 0. The first-order valence-electron chi connectivity index (χ1n) is 8.11. The first-order chi connectivity index (χ1) is 11.1. The molecule has 1 aliphatic carbocycles. The topological polar surface area (TPSA) is 60.9 Å². The molecule has 0 spiro atoms. The van der Waals surface area contributed by atoms with Gasteiger partial charge in [0.25, 0.3) is 0 Å². The number of carbonyl (C=O) groups excluding carboxylic acids is 2. The molecule has 1 aromatic carbocycles. The van der Waals surface area contributed by atoms with E-state index in [4.69, 9.17) is 0 Å². The molecule has 1 N–H and O–H groups in total. The number of amides is 2. The Labute approximate surface area is 136 Å². The predicted molar refractivity (Wildman–Crippen MR) is 86.6 cm³/mol. The quantitative estimate of drug-likeness (QED) is 0.846. The molecule has 1 atom stereocenters. The molecule has 1 aromatic rings. The van der Waals surface area contributed by atoms with E-state index in [0.717, 1.165) is 24.8 Å². The Morgan fingerprint density at radius 1 is 1.35 bits per heavy atom. The molecule has 2 fully saturated rings. The zero-order chi connectivity index (χ0) is 16.4. The standard InChI is InChI=1S/C18H22N2O3/c1-2-17(22)19-10-4-7-16(19)18(23)20(14-8-9-14)12-13-5-3-6-15(21)11-13/h2-3,5-6,11,14,16,21H,1,4,7-10,12H2. The summed E-state index contributed by atoms with van der Waals surface area (Å²) in [4.78, 5) is 28.4. The average molecular weight is 314 g/mol. The van der Waals surface area contributed by atoms with Crippen molar-refractivity contribution in [2.45, 2.75) is 44.3 Å². The van der Waals surface area contributed by atoms with Gasteiger partial charge in [-0.3, -0.25) is 9.59 Å². The van der Waals surface area contributed by atoms with Crippen molar-refractivity contribution in [2.24, 2.45) is 0 Å². The number of rotatable bonds is 5. The summed E-state index contributed by atoms with van der Waals surface area (Å²) in [6, 6.07) is 6.87. The summed E-state index contributed by atoms with van der Waals surface area (Å²) in [5.41, 5.74) is 0.907. The van der Waals surface area contributed by atoms with Crippen molar-refractivity contribution in [3.8, 4) is 5.75 Å². The van der Waals surface area contributed by atoms with Crippen molar-refractivity contribution in [1.82, 2.24) is 9.80 Å². The van der Waals surface area contributed by atoms with Crippen LogP contribution in [0.25, 0.3) is 0 Å². The molecule has 23 heavy (non-hydrogen) atoms. The molecule has 1 unspecified atom stereocenters. The Hall–Kier alpha value is -2.30. The maximum absolute atomic E-state index is 13.0. The fourth-order valence-electron chi connectivity index (χ4n) is 3.22. The van der Waals surface area contributed by atoms with E-state index in [-0.39, 0.29) is 29.6 Å². The fraction of sp³-hybridized carbons (Fsp3) is 0.444. The summed E-state index contributed by atoms with van der Waals surface area (Å²) < 4.78 is 0. The highest BCUT2D eigenvalue weighted by atomic mass is 16.3. The van der Waals surface area contributed by atoms with Crippen LogP contribution in [0.4, 0.5) is 0 Å². The van der Waals surface area contributed by atoms with Gasteiger partial charge in [0.1, 0.15) is 11.8 Å². The fourth-order valence-corrected chi connectivity index (χ4v) is 3.22. The minimum Gasteiger partial charge on any atom is -0.508 e. The van der Waals surface area contributed by atoms with Crippen LogP contribution in [0.5, 0.6) is 5.75 Å². The van der Waals surface area contributed by atoms with E-state index in [1.165, 1.54) is 6.08 Å². The monoisotopic (exact) mass is 314 g/mol. The number of likely N-dealkylation sites (tertiary alicyclic amines) is 1. The first-order valence-corrected chi connectivity index (χ1v) is 8.11. The normalized spacial score (nSPS) is 20.3. The van der Waals surface area contributed by atoms with Gasteiger partial charge in [-0.15, -0.1) is 0 Å². The second-order valence-electron chi connectivity index (χ2n) is 6.26. The average Bonchev–Trinajstić information content (AvgIpc) is 3.27. The van der Waals surface area contributed by atoms with Crippen LogP contribution < -0.4 is 0 Å². The number of benzene rings is 1. The predicted octanol–water partition coefficient (Wildman–Crippen LogP) is 2.06. The van der Waals surface area contributed by atoms with Gasteiger partial charge in [-0.1, -0.05) is 18.7 Å². The summed E-state index contributed by atoms with van der Waals surface area (Å²) in [6.07, 6.45) is 4.85. The van der Waals surface area contributed by atoms with Crippen LogP contribution in [0.15, 0.2) is 36.9 Å². The number of phenols is 1. The van der Waals surface area contributed by atoms with Crippen molar-refractivity contribution in [3.05, 3.63) is 42.5 Å². The number of aromatic hydroxyl groups is 1. The third kappa shape index (κ3) is 3.38. The lowest BCUT2D eigenvalue weighted by atomic mass is 10.1. The van der Waals surface area contributed by atoms with Crippen molar-refractivity contribution in [3.63, 3.8) is 0 Å². The SMILES string of the molecule is C=CC(=O)N1CCCC1C(=O)N(Cc1cccc(O)c1)C1CC1. The van der Waals surface area contributed by atoms with E-state index < -0.39 is 0 Å². The van der Waals surface area contributed by atoms with E-state index in [2.05, 4.69) is 6.58 Å². The van der Waals surface area contributed by atoms with Crippen LogP contribution in [0.3, 0.4) is 0 Å². The van der Waals surface area contributed by atoms with Gasteiger partial charge >= 0.3 is 0 Å². The van der Waals surface area contributed by atoms with Crippen LogP contribution in [0, 0.1) is 0 Å². The number of hydrogen-bond acceptors (Lipinski definition) is 3. The van der Waals surface area contributed by atoms with E-state index in [0.29, 0.717) is 19.5 Å². The molecule has 1 saturated heterocycles. The second-order valence-corrected chi connectivity index (χ2v) is 6.26. The number of phenolic OH excluding ortho intramolecular Hbond substituents is 1. The minimum absolute atomic E-state index is 0.0172. The highest BCUT2D eigenvalue weighted by Gasteiger charge is 2.40. The zero-order valence-electron chi connectivity index (χ0n) is 13.1. The summed E-state index contributed by atoms with van der Waals surface area (Å²) in [6.45, 7) is 4.62. The zero-order valence-corrected chi connectivity index (χ0v) is 13.1. The van der Waals surface area contributed by atoms with Crippen LogP contribution in [-0.2, 0) is 16.1 Å². The van der Waals surface area contributed by atoms with Gasteiger partial charge in [-0.05, 0) is 49.5 Å². The molecule has 5 heteroatoms. The second kappa shape index (κ2) is 6.44. The Morgan fingerprint density at radius 3 is 2.78 bits per heavy atom. The van der Waals surface area contributed by atoms with Gasteiger partial charge in [0, 0.05) is 19.1 Å². The third-order valence-corrected chi connectivity index (χ3v) is 4.53. The molecule has 5 nitrogen and oxygen atoms in total. The highest BCUT2D eigenvalue weighted by Crippen LogP contribution is 2.31. The van der Waals surface area contributed by atoms with E-state index in [1.54, 1.807) is 23.1 Å². The Morgan fingerprint density at radius 2 is 2.13 bits per heavy atom. The van der Waals surface area contributed by atoms with Gasteiger partial charge in [-0.2, -0.15) is 0 Å². The van der Waals surface area contributed by atoms with Gasteiger partial charge in [0.15, 0.2) is 0 Å². The van der Waals surface area contributed by atoms with E-state index in [1.807, 2.05) is 11.0 Å². The van der Waals surface area contributed by atoms with Gasteiger partial charge in [0.05, 0.1) is 0 Å². The first kappa shape index (κ1) is 15.6. The summed E-state index contributed by atoms with van der Waals surface area (Å²) in [5, 5.41) is 9.61. The van der Waals surface area contributed by atoms with Crippen molar-refractivity contribution >= 4 is 11.8 Å². The lowest BCUT2D eigenvalue weighted by Crippen LogP contribution is -2.47. The van der Waals surface area contributed by atoms with Gasteiger partial charge in [-0.25, -0.2) is 0 Å². The smallest absolute Gasteiger partial charge is 0.246 e. The highest BCUT2D eigenvalue weighted by molar-refractivity contribution is 5.93. The molecular formula is C18H22N2O3. The van der Waals surface area contributed by atoms with Crippen LogP contribution in [0.2, 0.25) is 0 Å².